The lowest BCUT2D eigenvalue weighted by atomic mass is 10.2. The number of carbonyl (C=O) groups excluding carboxylic acids is 2. The van der Waals surface area contributed by atoms with Gasteiger partial charge in [-0.05, 0) is 37.1 Å². The van der Waals surface area contributed by atoms with Gasteiger partial charge in [0, 0.05) is 24.5 Å². The number of alkyl carbamates (subject to hydrolysis) is 2. The maximum atomic E-state index is 11.7. The summed E-state index contributed by atoms with van der Waals surface area (Å²) in [5, 5.41) is 5.43. The number of hydrogen-bond acceptors (Lipinski definition) is 6. The third kappa shape index (κ3) is 14.0. The number of halogens is 2. The molecule has 4 N–H and O–H groups in total. The van der Waals surface area contributed by atoms with Crippen LogP contribution < -0.4 is 21.3 Å². The van der Waals surface area contributed by atoms with Gasteiger partial charge in [0.05, 0.1) is 13.1 Å². The summed E-state index contributed by atoms with van der Waals surface area (Å²) in [6.45, 7) is 6.75. The maximum Gasteiger partial charge on any atom is 0.407 e. The molecule has 30 heavy (non-hydrogen) atoms. The van der Waals surface area contributed by atoms with Gasteiger partial charge >= 0.3 is 12.2 Å². The van der Waals surface area contributed by atoms with Crippen molar-refractivity contribution in [1.82, 2.24) is 10.6 Å². The minimum atomic E-state index is -0.419. The Morgan fingerprint density at radius 2 is 1.30 bits per heavy atom. The fourth-order valence-corrected chi connectivity index (χ4v) is 2.39. The van der Waals surface area contributed by atoms with Gasteiger partial charge in [-0.3, -0.25) is 0 Å². The quantitative estimate of drug-likeness (QED) is 0.300. The summed E-state index contributed by atoms with van der Waals surface area (Å²) >= 11 is 0. The Kier molecular flexibility index (Phi) is 19.0. The zero-order valence-corrected chi connectivity index (χ0v) is 19.5. The number of amides is 2. The Hall–Kier alpha value is -2.06. The summed E-state index contributed by atoms with van der Waals surface area (Å²) in [6, 6.07) is 7.38. The van der Waals surface area contributed by atoms with E-state index >= 15 is 0 Å². The smallest absolute Gasteiger partial charge is 0.407 e. The van der Waals surface area contributed by atoms with E-state index in [0.717, 1.165) is 31.4 Å². The molecule has 0 aliphatic heterocycles. The summed E-state index contributed by atoms with van der Waals surface area (Å²) in [6.07, 6.45) is 3.03. The highest BCUT2D eigenvalue weighted by atomic mass is 35.5. The number of benzene rings is 1. The summed E-state index contributed by atoms with van der Waals surface area (Å²) in [4.78, 5) is 25.3. The molecular weight excluding hydrogens is 431 g/mol. The first-order valence-electron chi connectivity index (χ1n) is 9.98. The van der Waals surface area contributed by atoms with E-state index in [0.29, 0.717) is 31.9 Å². The zero-order valence-electron chi connectivity index (χ0n) is 17.9. The predicted molar refractivity (Wildman–Crippen MR) is 126 cm³/mol. The van der Waals surface area contributed by atoms with E-state index in [-0.39, 0.29) is 38.0 Å². The molecule has 0 aliphatic carbocycles. The highest BCUT2D eigenvalue weighted by Gasteiger charge is 2.10. The highest BCUT2D eigenvalue weighted by Crippen LogP contribution is 2.16. The largest absolute Gasteiger partial charge is 0.448 e. The second kappa shape index (κ2) is 18.9. The van der Waals surface area contributed by atoms with Crippen molar-refractivity contribution in [2.75, 3.05) is 50.0 Å². The van der Waals surface area contributed by atoms with Crippen molar-refractivity contribution in [2.45, 2.75) is 39.5 Å². The molecule has 0 fully saturated rings. The van der Waals surface area contributed by atoms with E-state index in [2.05, 4.69) is 24.5 Å². The van der Waals surface area contributed by atoms with Gasteiger partial charge in [0.25, 0.3) is 0 Å². The topological polar surface area (TPSA) is 106 Å². The van der Waals surface area contributed by atoms with Gasteiger partial charge in [-0.1, -0.05) is 26.7 Å². The monoisotopic (exact) mass is 466 g/mol. The minimum absolute atomic E-state index is 0. The van der Waals surface area contributed by atoms with Crippen molar-refractivity contribution < 1.29 is 19.1 Å². The molecule has 8 nitrogen and oxygen atoms in total. The number of carbonyl (C=O) groups is 2. The first kappa shape index (κ1) is 30.1. The number of anilines is 2. The molecule has 0 radical (unpaired) electrons. The molecule has 2 amide bonds. The van der Waals surface area contributed by atoms with Gasteiger partial charge in [-0.2, -0.15) is 0 Å². The lowest BCUT2D eigenvalue weighted by molar-refractivity contribution is 0.144. The summed E-state index contributed by atoms with van der Waals surface area (Å²) < 4.78 is 10.4. The van der Waals surface area contributed by atoms with E-state index in [9.17, 15) is 9.59 Å². The number of rotatable bonds is 13. The third-order valence-electron chi connectivity index (χ3n) is 4.05. The molecule has 0 aromatic heterocycles. The Labute approximate surface area is 192 Å². The Bertz CT molecular complexity index is 548. The first-order valence-corrected chi connectivity index (χ1v) is 9.98. The number of nitrogen functional groups attached to an aromatic ring is 1. The second-order valence-corrected chi connectivity index (χ2v) is 6.41. The molecule has 0 saturated heterocycles. The SMILES string of the molecule is CCCCNC(=O)OCCN(CCOC(=O)NCCCC)c1ccc(N)cc1.Cl.Cl. The normalized spacial score (nSPS) is 9.53. The number of nitrogens with zero attached hydrogens (tertiary/aromatic N) is 1. The summed E-state index contributed by atoms with van der Waals surface area (Å²) in [5.41, 5.74) is 7.33. The van der Waals surface area contributed by atoms with Gasteiger partial charge in [0.1, 0.15) is 13.2 Å². The van der Waals surface area contributed by atoms with Crippen LogP contribution in [0.4, 0.5) is 21.0 Å². The van der Waals surface area contributed by atoms with E-state index in [4.69, 9.17) is 15.2 Å². The van der Waals surface area contributed by atoms with Crippen molar-refractivity contribution in [3.05, 3.63) is 24.3 Å². The summed E-state index contributed by atoms with van der Waals surface area (Å²) in [7, 11) is 0. The van der Waals surface area contributed by atoms with Crippen LogP contribution in [0, 0.1) is 0 Å². The van der Waals surface area contributed by atoms with Crippen molar-refractivity contribution in [3.8, 4) is 0 Å². The van der Waals surface area contributed by atoms with E-state index < -0.39 is 12.2 Å². The lowest BCUT2D eigenvalue weighted by Crippen LogP contribution is -2.35. The predicted octanol–water partition coefficient (Wildman–Crippen LogP) is 3.97. The van der Waals surface area contributed by atoms with Gasteiger partial charge in [0.2, 0.25) is 0 Å². The average molecular weight is 467 g/mol. The van der Waals surface area contributed by atoms with Crippen molar-refractivity contribution in [1.29, 1.82) is 0 Å². The van der Waals surface area contributed by atoms with Crippen LogP contribution in [0.5, 0.6) is 0 Å². The van der Waals surface area contributed by atoms with Crippen LogP contribution in [0.25, 0.3) is 0 Å². The molecular formula is C20H36Cl2N4O4. The molecule has 0 unspecified atom stereocenters. The van der Waals surface area contributed by atoms with Crippen LogP contribution in [0.3, 0.4) is 0 Å². The summed E-state index contributed by atoms with van der Waals surface area (Å²) in [5.74, 6) is 0. The van der Waals surface area contributed by atoms with E-state index in [1.54, 1.807) is 12.1 Å². The fraction of sp³-hybridized carbons (Fsp3) is 0.600. The van der Waals surface area contributed by atoms with E-state index in [1.807, 2.05) is 17.0 Å². The Morgan fingerprint density at radius 1 is 0.867 bits per heavy atom. The zero-order chi connectivity index (χ0) is 20.6. The van der Waals surface area contributed by atoms with Gasteiger partial charge in [-0.15, -0.1) is 24.8 Å². The van der Waals surface area contributed by atoms with Gasteiger partial charge in [-0.25, -0.2) is 9.59 Å². The van der Waals surface area contributed by atoms with Crippen LogP contribution in [-0.4, -0.2) is 51.6 Å². The highest BCUT2D eigenvalue weighted by molar-refractivity contribution is 5.85. The van der Waals surface area contributed by atoms with Crippen LogP contribution in [0.2, 0.25) is 0 Å². The Morgan fingerprint density at radius 3 is 1.70 bits per heavy atom. The molecule has 1 aromatic rings. The molecule has 0 bridgehead atoms. The standard InChI is InChI=1S/C20H34N4O4.2ClH/c1-3-5-11-22-19(25)27-15-13-24(18-9-7-17(21)8-10-18)14-16-28-20(26)23-12-6-4-2;;/h7-10H,3-6,11-16,21H2,1-2H3,(H,22,25)(H,23,26);2*1H. The Balaban J connectivity index is 0. The maximum absolute atomic E-state index is 11.7. The second-order valence-electron chi connectivity index (χ2n) is 6.41. The van der Waals surface area contributed by atoms with Crippen molar-refractivity contribution in [3.63, 3.8) is 0 Å². The van der Waals surface area contributed by atoms with E-state index in [1.165, 1.54) is 0 Å². The number of nitrogens with one attached hydrogen (secondary N) is 2. The third-order valence-corrected chi connectivity index (χ3v) is 4.05. The molecule has 0 saturated carbocycles. The number of nitrogens with two attached hydrogens (primary N) is 1. The van der Waals surface area contributed by atoms with Crippen LogP contribution in [-0.2, 0) is 9.47 Å². The number of ether oxygens (including phenoxy) is 2. The lowest BCUT2D eigenvalue weighted by Gasteiger charge is -2.24. The van der Waals surface area contributed by atoms with Crippen molar-refractivity contribution in [2.24, 2.45) is 0 Å². The average Bonchev–Trinajstić information content (AvgIpc) is 2.68. The molecule has 0 aliphatic rings. The molecule has 1 aromatic carbocycles. The van der Waals surface area contributed by atoms with Crippen LogP contribution in [0.1, 0.15) is 39.5 Å². The van der Waals surface area contributed by atoms with Crippen molar-refractivity contribution >= 4 is 48.4 Å². The molecule has 174 valence electrons. The fourth-order valence-electron chi connectivity index (χ4n) is 2.39. The molecule has 10 heteroatoms. The van der Waals surface area contributed by atoms with Crippen LogP contribution in [0.15, 0.2) is 24.3 Å². The van der Waals surface area contributed by atoms with Gasteiger partial charge < -0.3 is 30.7 Å². The van der Waals surface area contributed by atoms with Gasteiger partial charge in [0.15, 0.2) is 0 Å². The molecule has 0 heterocycles. The minimum Gasteiger partial charge on any atom is -0.448 e. The number of hydrogen-bond donors (Lipinski definition) is 3. The first-order chi connectivity index (χ1) is 13.6. The molecule has 0 atom stereocenters. The molecule has 0 spiro atoms. The molecule has 1 rings (SSSR count). The number of unbranched alkanes of at least 4 members (excludes halogenated alkanes) is 2. The van der Waals surface area contributed by atoms with Crippen LogP contribution >= 0.6 is 24.8 Å².